The van der Waals surface area contributed by atoms with Crippen molar-refractivity contribution in [2.24, 2.45) is 0 Å². The number of rotatable bonds is 2. The van der Waals surface area contributed by atoms with E-state index in [0.29, 0.717) is 6.54 Å². The van der Waals surface area contributed by atoms with Crippen LogP contribution in [0.4, 0.5) is 0 Å². The summed E-state index contributed by atoms with van der Waals surface area (Å²) in [5.41, 5.74) is 2.52. The van der Waals surface area contributed by atoms with E-state index in [0.717, 1.165) is 13.0 Å². The molecule has 0 unspecified atom stereocenters. The lowest BCUT2D eigenvalue weighted by molar-refractivity contribution is -0.131. The number of carbonyl (C=O) groups excluding carboxylic acids is 1. The van der Waals surface area contributed by atoms with Gasteiger partial charge in [-0.25, -0.2) is 0 Å². The number of hydrogen-bond donors (Lipinski definition) is 1. The zero-order valence-corrected chi connectivity index (χ0v) is 9.94. The number of benzene rings is 1. The number of hydrogen-bond acceptors (Lipinski definition) is 2. The van der Waals surface area contributed by atoms with Crippen molar-refractivity contribution in [1.82, 2.24) is 10.2 Å². The Hall–Kier alpha value is -1.79. The lowest BCUT2D eigenvalue weighted by Gasteiger charge is -2.28. The molecule has 0 aromatic heterocycles. The summed E-state index contributed by atoms with van der Waals surface area (Å²) in [7, 11) is 1.74. The fraction of sp³-hybridized carbons (Fsp3) is 0.357. The Balaban J connectivity index is 2.08. The number of likely N-dealkylation sites (N-methyl/N-ethyl adjacent to an activating group) is 1. The van der Waals surface area contributed by atoms with Crippen molar-refractivity contribution >= 4 is 5.91 Å². The van der Waals surface area contributed by atoms with E-state index in [1.807, 2.05) is 12.1 Å². The van der Waals surface area contributed by atoms with Gasteiger partial charge < -0.3 is 10.2 Å². The van der Waals surface area contributed by atoms with E-state index in [4.69, 9.17) is 6.42 Å². The van der Waals surface area contributed by atoms with Crippen LogP contribution < -0.4 is 5.32 Å². The second-order valence-corrected chi connectivity index (χ2v) is 4.30. The summed E-state index contributed by atoms with van der Waals surface area (Å²) in [4.78, 5) is 13.7. The third-order valence-corrected chi connectivity index (χ3v) is 3.08. The monoisotopic (exact) mass is 228 g/mol. The van der Waals surface area contributed by atoms with Crippen LogP contribution in [0.2, 0.25) is 0 Å². The molecule has 3 heteroatoms. The number of carbonyl (C=O) groups is 1. The first kappa shape index (κ1) is 11.7. The number of nitrogens with one attached hydrogen (secondary N) is 1. The Morgan fingerprint density at radius 3 is 2.94 bits per heavy atom. The lowest BCUT2D eigenvalue weighted by Crippen LogP contribution is -2.48. The molecule has 17 heavy (non-hydrogen) atoms. The minimum atomic E-state index is -0.150. The average molecular weight is 228 g/mol. The summed E-state index contributed by atoms with van der Waals surface area (Å²) in [6, 6.07) is 8.05. The highest BCUT2D eigenvalue weighted by Crippen LogP contribution is 2.16. The van der Waals surface area contributed by atoms with Crippen LogP contribution >= 0.6 is 0 Å². The topological polar surface area (TPSA) is 32.3 Å². The first-order valence-corrected chi connectivity index (χ1v) is 5.71. The average Bonchev–Trinajstić information content (AvgIpc) is 2.37. The van der Waals surface area contributed by atoms with E-state index in [-0.39, 0.29) is 11.9 Å². The summed E-state index contributed by atoms with van der Waals surface area (Å²) < 4.78 is 0. The van der Waals surface area contributed by atoms with E-state index in [1.165, 1.54) is 11.1 Å². The smallest absolute Gasteiger partial charge is 0.240 e. The van der Waals surface area contributed by atoms with Crippen molar-refractivity contribution in [3.8, 4) is 12.3 Å². The van der Waals surface area contributed by atoms with E-state index >= 15 is 0 Å². The van der Waals surface area contributed by atoms with Crippen LogP contribution in [-0.2, 0) is 17.8 Å². The Labute approximate surface area is 102 Å². The van der Waals surface area contributed by atoms with E-state index in [2.05, 4.69) is 23.4 Å². The molecule has 1 atom stereocenters. The molecule has 0 spiro atoms. The van der Waals surface area contributed by atoms with Crippen LogP contribution in [0.3, 0.4) is 0 Å². The zero-order chi connectivity index (χ0) is 12.3. The molecule has 88 valence electrons. The van der Waals surface area contributed by atoms with Crippen LogP contribution in [-0.4, -0.2) is 30.4 Å². The molecule has 1 aromatic rings. The zero-order valence-electron chi connectivity index (χ0n) is 9.94. The maximum atomic E-state index is 12.1. The van der Waals surface area contributed by atoms with Crippen molar-refractivity contribution in [2.75, 3.05) is 13.6 Å². The third-order valence-electron chi connectivity index (χ3n) is 3.08. The van der Waals surface area contributed by atoms with Crippen LogP contribution in [0, 0.1) is 12.3 Å². The van der Waals surface area contributed by atoms with E-state index in [9.17, 15) is 4.79 Å². The Morgan fingerprint density at radius 2 is 2.24 bits per heavy atom. The summed E-state index contributed by atoms with van der Waals surface area (Å²) in [5, 5.41) is 3.25. The van der Waals surface area contributed by atoms with Gasteiger partial charge in [-0.1, -0.05) is 30.2 Å². The summed E-state index contributed by atoms with van der Waals surface area (Å²) in [6.07, 6.45) is 5.95. The van der Waals surface area contributed by atoms with Crippen LogP contribution in [0.15, 0.2) is 24.3 Å². The molecular weight excluding hydrogens is 212 g/mol. The van der Waals surface area contributed by atoms with Crippen LogP contribution in [0.25, 0.3) is 0 Å². The molecule has 0 fully saturated rings. The number of terminal acetylenes is 1. The van der Waals surface area contributed by atoms with Gasteiger partial charge in [0, 0.05) is 13.6 Å². The standard InChI is InChI=1S/C14H16N2O/c1-3-8-16(2)14(17)13-9-11-6-4-5-7-12(11)10-15-13/h1,4-7,13,15H,8-10H2,2H3/t13-/m0/s1. The van der Waals surface area contributed by atoms with Gasteiger partial charge in [-0.15, -0.1) is 6.42 Å². The molecule has 1 aliphatic rings. The van der Waals surface area contributed by atoms with Crippen molar-refractivity contribution in [3.63, 3.8) is 0 Å². The van der Waals surface area contributed by atoms with Gasteiger partial charge in [-0.05, 0) is 17.5 Å². The fourth-order valence-corrected chi connectivity index (χ4v) is 2.11. The first-order chi connectivity index (χ1) is 8.22. The Kier molecular flexibility index (Phi) is 3.46. The second kappa shape index (κ2) is 5.03. The van der Waals surface area contributed by atoms with Gasteiger partial charge >= 0.3 is 0 Å². The molecular formula is C14H16N2O. The first-order valence-electron chi connectivity index (χ1n) is 5.71. The Morgan fingerprint density at radius 1 is 1.53 bits per heavy atom. The SMILES string of the molecule is C#CCN(C)C(=O)[C@@H]1Cc2ccccc2CN1. The largest absolute Gasteiger partial charge is 0.333 e. The van der Waals surface area contributed by atoms with E-state index in [1.54, 1.807) is 11.9 Å². The highest BCUT2D eigenvalue weighted by molar-refractivity contribution is 5.82. The maximum Gasteiger partial charge on any atom is 0.240 e. The molecule has 0 aliphatic carbocycles. The quantitative estimate of drug-likeness (QED) is 0.759. The van der Waals surface area contributed by atoms with Gasteiger partial charge in [0.1, 0.15) is 0 Å². The van der Waals surface area contributed by atoms with Gasteiger partial charge in [0.15, 0.2) is 0 Å². The summed E-state index contributed by atoms with van der Waals surface area (Å²) in [6.45, 7) is 1.11. The third kappa shape index (κ3) is 2.48. The number of amides is 1. The maximum absolute atomic E-state index is 12.1. The summed E-state index contributed by atoms with van der Waals surface area (Å²) in [5.74, 6) is 2.55. The summed E-state index contributed by atoms with van der Waals surface area (Å²) >= 11 is 0. The predicted molar refractivity (Wildman–Crippen MR) is 67.2 cm³/mol. The number of nitrogens with zero attached hydrogens (tertiary/aromatic N) is 1. The fourth-order valence-electron chi connectivity index (χ4n) is 2.11. The highest BCUT2D eigenvalue weighted by Gasteiger charge is 2.25. The minimum Gasteiger partial charge on any atom is -0.333 e. The van der Waals surface area contributed by atoms with Gasteiger partial charge in [-0.3, -0.25) is 4.79 Å². The van der Waals surface area contributed by atoms with Gasteiger partial charge in [0.25, 0.3) is 0 Å². The molecule has 0 bridgehead atoms. The molecule has 1 N–H and O–H groups in total. The molecule has 1 heterocycles. The Bertz CT molecular complexity index is 462. The lowest BCUT2D eigenvalue weighted by atomic mass is 9.95. The van der Waals surface area contributed by atoms with Crippen molar-refractivity contribution < 1.29 is 4.79 Å². The van der Waals surface area contributed by atoms with Gasteiger partial charge in [-0.2, -0.15) is 0 Å². The van der Waals surface area contributed by atoms with Gasteiger partial charge in [0.2, 0.25) is 5.91 Å². The minimum absolute atomic E-state index is 0.0671. The van der Waals surface area contributed by atoms with Gasteiger partial charge in [0.05, 0.1) is 12.6 Å². The van der Waals surface area contributed by atoms with Crippen molar-refractivity contribution in [3.05, 3.63) is 35.4 Å². The molecule has 0 saturated carbocycles. The molecule has 0 radical (unpaired) electrons. The normalized spacial score (nSPS) is 18.0. The predicted octanol–water partition coefficient (Wildman–Crippen LogP) is 0.792. The number of fused-ring (bicyclic) bond motifs is 1. The molecule has 0 saturated heterocycles. The molecule has 1 amide bonds. The van der Waals surface area contributed by atoms with Crippen molar-refractivity contribution in [2.45, 2.75) is 19.0 Å². The molecule has 2 rings (SSSR count). The van der Waals surface area contributed by atoms with Crippen molar-refractivity contribution in [1.29, 1.82) is 0 Å². The highest BCUT2D eigenvalue weighted by atomic mass is 16.2. The molecule has 1 aliphatic heterocycles. The molecule has 3 nitrogen and oxygen atoms in total. The molecule has 1 aromatic carbocycles. The second-order valence-electron chi connectivity index (χ2n) is 4.30. The van der Waals surface area contributed by atoms with E-state index < -0.39 is 0 Å². The van der Waals surface area contributed by atoms with Crippen LogP contribution in [0.1, 0.15) is 11.1 Å². The van der Waals surface area contributed by atoms with Crippen LogP contribution in [0.5, 0.6) is 0 Å².